The van der Waals surface area contributed by atoms with Crippen LogP contribution in [-0.2, 0) is 4.79 Å². The minimum absolute atomic E-state index is 0.000839. The summed E-state index contributed by atoms with van der Waals surface area (Å²) < 4.78 is 0. The van der Waals surface area contributed by atoms with Gasteiger partial charge in [-0.3, -0.25) is 4.79 Å². The molecule has 0 aromatic carbocycles. The lowest BCUT2D eigenvalue weighted by molar-refractivity contribution is -0.128. The van der Waals surface area contributed by atoms with Crippen molar-refractivity contribution < 1.29 is 4.79 Å². The normalized spacial score (nSPS) is 13.7. The number of amides is 1. The molecule has 1 amide bonds. The Bertz CT molecular complexity index is 376. The fourth-order valence-corrected chi connectivity index (χ4v) is 2.55. The van der Waals surface area contributed by atoms with E-state index in [1.54, 1.807) is 11.3 Å². The molecule has 0 aliphatic rings. The van der Waals surface area contributed by atoms with Gasteiger partial charge in [0.05, 0.1) is 11.5 Å². The molecule has 1 N–H and O–H groups in total. The Morgan fingerprint density at radius 1 is 1.56 bits per heavy atom. The Labute approximate surface area is 118 Å². The van der Waals surface area contributed by atoms with E-state index in [0.29, 0.717) is 12.4 Å². The molecule has 1 aromatic rings. The molecule has 1 aromatic heterocycles. The summed E-state index contributed by atoms with van der Waals surface area (Å²) in [7, 11) is 4.03. The van der Waals surface area contributed by atoms with Gasteiger partial charge >= 0.3 is 0 Å². The van der Waals surface area contributed by atoms with Gasteiger partial charge in [0.2, 0.25) is 5.91 Å². The summed E-state index contributed by atoms with van der Waals surface area (Å²) in [6.45, 7) is 4.31. The summed E-state index contributed by atoms with van der Waals surface area (Å²) in [6, 6.07) is 4.33. The lowest BCUT2D eigenvalue weighted by Crippen LogP contribution is -2.42. The number of halogens is 1. The lowest BCUT2D eigenvalue weighted by atomic mass is 9.95. The molecular formula is C13H21ClN2OS. The minimum Gasteiger partial charge on any atom is -0.354 e. The number of carbonyl (C=O) groups excluding carboxylic acids is 1. The third-order valence-electron chi connectivity index (χ3n) is 2.90. The molecule has 5 heteroatoms. The fraction of sp³-hybridized carbons (Fsp3) is 0.615. The molecule has 1 atom stereocenters. The molecule has 0 saturated heterocycles. The Hall–Kier alpha value is -0.580. The van der Waals surface area contributed by atoms with Gasteiger partial charge in [0.15, 0.2) is 0 Å². The zero-order chi connectivity index (χ0) is 13.8. The highest BCUT2D eigenvalue weighted by Crippen LogP contribution is 2.23. The van der Waals surface area contributed by atoms with Gasteiger partial charge in [0.25, 0.3) is 0 Å². The topological polar surface area (TPSA) is 32.3 Å². The minimum atomic E-state index is -0.520. The molecule has 0 radical (unpaired) electrons. The molecule has 1 unspecified atom stereocenters. The zero-order valence-corrected chi connectivity index (χ0v) is 12.9. The van der Waals surface area contributed by atoms with E-state index in [9.17, 15) is 4.79 Å². The second-order valence-corrected chi connectivity index (χ2v) is 6.47. The number of alkyl halides is 1. The SMILES string of the molecule is CN(C)C(CNC(=O)C(C)(C)CCl)c1cccs1. The van der Waals surface area contributed by atoms with Crippen molar-refractivity contribution in [3.63, 3.8) is 0 Å². The first-order valence-corrected chi connectivity index (χ1v) is 7.34. The second kappa shape index (κ2) is 6.55. The van der Waals surface area contributed by atoms with Crippen LogP contribution in [0.15, 0.2) is 17.5 Å². The van der Waals surface area contributed by atoms with Crippen molar-refractivity contribution in [3.8, 4) is 0 Å². The molecule has 0 saturated carbocycles. The lowest BCUT2D eigenvalue weighted by Gasteiger charge is -2.26. The fourth-order valence-electron chi connectivity index (χ4n) is 1.51. The van der Waals surface area contributed by atoms with E-state index in [1.165, 1.54) is 4.88 Å². The number of rotatable bonds is 6. The monoisotopic (exact) mass is 288 g/mol. The largest absolute Gasteiger partial charge is 0.354 e. The summed E-state index contributed by atoms with van der Waals surface area (Å²) in [6.07, 6.45) is 0. The predicted octanol–water partition coefficient (Wildman–Crippen LogP) is 2.73. The standard InChI is InChI=1S/C13H21ClN2OS/c1-13(2,9-14)12(17)15-8-10(16(3)4)11-6-5-7-18-11/h5-7,10H,8-9H2,1-4H3,(H,15,17). The van der Waals surface area contributed by atoms with Crippen LogP contribution in [0.2, 0.25) is 0 Å². The number of likely N-dealkylation sites (N-methyl/N-ethyl adjacent to an activating group) is 1. The number of thiophene rings is 1. The zero-order valence-electron chi connectivity index (χ0n) is 11.4. The maximum atomic E-state index is 12.0. The second-order valence-electron chi connectivity index (χ2n) is 5.22. The third-order valence-corrected chi connectivity index (χ3v) is 4.54. The van der Waals surface area contributed by atoms with Crippen LogP contribution < -0.4 is 5.32 Å². The summed E-state index contributed by atoms with van der Waals surface area (Å²) in [4.78, 5) is 15.3. The molecule has 1 heterocycles. The molecule has 3 nitrogen and oxygen atoms in total. The Morgan fingerprint density at radius 2 is 2.22 bits per heavy atom. The van der Waals surface area contributed by atoms with Crippen molar-refractivity contribution in [1.82, 2.24) is 10.2 Å². The molecule has 0 aliphatic carbocycles. The molecule has 0 fully saturated rings. The van der Waals surface area contributed by atoms with Crippen LogP contribution in [0, 0.1) is 5.41 Å². The number of hydrogen-bond acceptors (Lipinski definition) is 3. The highest BCUT2D eigenvalue weighted by molar-refractivity contribution is 7.10. The summed E-state index contributed by atoms with van der Waals surface area (Å²) in [5.74, 6) is 0.325. The maximum absolute atomic E-state index is 12.0. The first-order chi connectivity index (χ1) is 8.38. The van der Waals surface area contributed by atoms with E-state index in [0.717, 1.165) is 0 Å². The van der Waals surface area contributed by atoms with E-state index in [2.05, 4.69) is 21.7 Å². The summed E-state index contributed by atoms with van der Waals surface area (Å²) in [5, 5.41) is 5.04. The predicted molar refractivity (Wildman–Crippen MR) is 78.3 cm³/mol. The summed E-state index contributed by atoms with van der Waals surface area (Å²) >= 11 is 7.50. The quantitative estimate of drug-likeness (QED) is 0.817. The molecule has 102 valence electrons. The molecule has 0 bridgehead atoms. The van der Waals surface area contributed by atoms with E-state index >= 15 is 0 Å². The van der Waals surface area contributed by atoms with Crippen LogP contribution in [-0.4, -0.2) is 37.3 Å². The average molecular weight is 289 g/mol. The first kappa shape index (κ1) is 15.5. The van der Waals surface area contributed by atoms with Crippen molar-refractivity contribution in [2.45, 2.75) is 19.9 Å². The summed E-state index contributed by atoms with van der Waals surface area (Å²) in [5.41, 5.74) is -0.520. The van der Waals surface area contributed by atoms with Gasteiger partial charge in [-0.15, -0.1) is 22.9 Å². The van der Waals surface area contributed by atoms with Crippen molar-refractivity contribution in [3.05, 3.63) is 22.4 Å². The van der Waals surface area contributed by atoms with Crippen molar-refractivity contribution in [1.29, 1.82) is 0 Å². The van der Waals surface area contributed by atoms with Crippen molar-refractivity contribution >= 4 is 28.8 Å². The van der Waals surface area contributed by atoms with Gasteiger partial charge in [-0.1, -0.05) is 6.07 Å². The Kier molecular flexibility index (Phi) is 5.63. The van der Waals surface area contributed by atoms with E-state index in [1.807, 2.05) is 34.0 Å². The molecule has 0 spiro atoms. The third kappa shape index (κ3) is 3.97. The Balaban J connectivity index is 2.62. The van der Waals surface area contributed by atoms with Crippen LogP contribution in [0.4, 0.5) is 0 Å². The number of hydrogen-bond donors (Lipinski definition) is 1. The number of nitrogens with zero attached hydrogens (tertiary/aromatic N) is 1. The average Bonchev–Trinajstić information content (AvgIpc) is 2.82. The van der Waals surface area contributed by atoms with Crippen LogP contribution >= 0.6 is 22.9 Å². The van der Waals surface area contributed by atoms with Gasteiger partial charge in [-0.2, -0.15) is 0 Å². The number of nitrogens with one attached hydrogen (secondary N) is 1. The molecule has 0 aliphatic heterocycles. The first-order valence-electron chi connectivity index (χ1n) is 5.92. The van der Waals surface area contributed by atoms with Crippen molar-refractivity contribution in [2.24, 2.45) is 5.41 Å². The van der Waals surface area contributed by atoms with Gasteiger partial charge in [-0.25, -0.2) is 0 Å². The smallest absolute Gasteiger partial charge is 0.226 e. The van der Waals surface area contributed by atoms with E-state index in [4.69, 9.17) is 11.6 Å². The maximum Gasteiger partial charge on any atom is 0.226 e. The van der Waals surface area contributed by atoms with Crippen LogP contribution in [0.5, 0.6) is 0 Å². The van der Waals surface area contributed by atoms with Gasteiger partial charge in [0, 0.05) is 17.3 Å². The molecule has 1 rings (SSSR count). The highest BCUT2D eigenvalue weighted by atomic mass is 35.5. The number of carbonyl (C=O) groups is 1. The highest BCUT2D eigenvalue weighted by Gasteiger charge is 2.27. The van der Waals surface area contributed by atoms with Gasteiger partial charge in [0.1, 0.15) is 0 Å². The van der Waals surface area contributed by atoms with Crippen LogP contribution in [0.3, 0.4) is 0 Å². The van der Waals surface area contributed by atoms with E-state index < -0.39 is 5.41 Å². The van der Waals surface area contributed by atoms with E-state index in [-0.39, 0.29) is 11.9 Å². The van der Waals surface area contributed by atoms with Gasteiger partial charge in [-0.05, 0) is 39.4 Å². The Morgan fingerprint density at radius 3 is 2.67 bits per heavy atom. The molecular weight excluding hydrogens is 268 g/mol. The van der Waals surface area contributed by atoms with Crippen LogP contribution in [0.1, 0.15) is 24.8 Å². The van der Waals surface area contributed by atoms with Crippen molar-refractivity contribution in [2.75, 3.05) is 26.5 Å². The molecule has 18 heavy (non-hydrogen) atoms. The van der Waals surface area contributed by atoms with Gasteiger partial charge < -0.3 is 10.2 Å². The van der Waals surface area contributed by atoms with Crippen LogP contribution in [0.25, 0.3) is 0 Å².